The zero-order chi connectivity index (χ0) is 23.1. The maximum atomic E-state index is 15.4. The average molecular weight is 465 g/mol. The Bertz CT molecular complexity index is 904. The first kappa shape index (κ1) is 24.3. The summed E-state index contributed by atoms with van der Waals surface area (Å²) in [6.07, 6.45) is 1.51. The van der Waals surface area contributed by atoms with E-state index >= 15 is 4.39 Å². The molecule has 1 aliphatic rings. The highest BCUT2D eigenvalue weighted by molar-refractivity contribution is 6.30. The maximum Gasteiger partial charge on any atom is 0.304 e. The first-order chi connectivity index (χ1) is 15.4. The number of hydrogen-bond acceptors (Lipinski definition) is 5. The van der Waals surface area contributed by atoms with Crippen LogP contribution in [-0.2, 0) is 14.3 Å². The molecule has 1 heterocycles. The Hall–Kier alpha value is -2.35. The minimum atomic E-state index is -1.000. The largest absolute Gasteiger partial charge is 0.481 e. The zero-order valence-electron chi connectivity index (χ0n) is 18.4. The molecule has 0 radical (unpaired) electrons. The number of halogens is 2. The quantitative estimate of drug-likeness (QED) is 0.488. The molecular weight excluding hydrogens is 435 g/mol. The van der Waals surface area contributed by atoms with Crippen molar-refractivity contribution >= 4 is 34.6 Å². The highest BCUT2D eigenvalue weighted by atomic mass is 35.5. The van der Waals surface area contributed by atoms with Crippen molar-refractivity contribution in [1.82, 2.24) is 0 Å². The van der Waals surface area contributed by atoms with Crippen molar-refractivity contribution < 1.29 is 23.8 Å². The van der Waals surface area contributed by atoms with Crippen LogP contribution in [0, 0.1) is 5.82 Å². The second kappa shape index (κ2) is 11.5. The van der Waals surface area contributed by atoms with Crippen molar-refractivity contribution in [2.24, 2.45) is 0 Å². The highest BCUT2D eigenvalue weighted by Gasteiger charge is 2.26. The van der Waals surface area contributed by atoms with E-state index < -0.39 is 17.7 Å². The lowest BCUT2D eigenvalue weighted by atomic mass is 9.94. The number of benzene rings is 2. The van der Waals surface area contributed by atoms with E-state index in [0.717, 1.165) is 24.2 Å². The number of carbonyl (C=O) groups is 1. The van der Waals surface area contributed by atoms with Gasteiger partial charge in [-0.2, -0.15) is 0 Å². The second-order valence-corrected chi connectivity index (χ2v) is 8.34. The Kier molecular flexibility index (Phi) is 8.73. The first-order valence-electron chi connectivity index (χ1n) is 10.8. The molecule has 1 unspecified atom stereocenters. The Morgan fingerprint density at radius 2 is 2.00 bits per heavy atom. The number of ether oxygens (including phenoxy) is 2. The van der Waals surface area contributed by atoms with E-state index in [1.165, 1.54) is 13.2 Å². The summed E-state index contributed by atoms with van der Waals surface area (Å²) in [6, 6.07) is 10.7. The fourth-order valence-electron chi connectivity index (χ4n) is 4.21. The van der Waals surface area contributed by atoms with E-state index in [9.17, 15) is 9.90 Å². The zero-order valence-corrected chi connectivity index (χ0v) is 19.2. The van der Waals surface area contributed by atoms with E-state index in [4.69, 9.17) is 21.1 Å². The number of nitrogens with one attached hydrogen (secondary N) is 1. The van der Waals surface area contributed by atoms with Gasteiger partial charge in [0.05, 0.1) is 24.4 Å². The molecule has 0 aromatic heterocycles. The van der Waals surface area contributed by atoms with Gasteiger partial charge >= 0.3 is 5.97 Å². The number of hydrogen-bond donors (Lipinski definition) is 2. The molecule has 174 valence electrons. The van der Waals surface area contributed by atoms with Crippen molar-refractivity contribution in [2.75, 3.05) is 43.7 Å². The summed E-state index contributed by atoms with van der Waals surface area (Å²) < 4.78 is 26.1. The highest BCUT2D eigenvalue weighted by Crippen LogP contribution is 2.37. The fourth-order valence-corrected chi connectivity index (χ4v) is 4.34. The Morgan fingerprint density at radius 3 is 2.59 bits per heavy atom. The third-order valence-corrected chi connectivity index (χ3v) is 6.00. The van der Waals surface area contributed by atoms with Crippen LogP contribution in [0.15, 0.2) is 36.4 Å². The van der Waals surface area contributed by atoms with Crippen molar-refractivity contribution in [3.05, 3.63) is 52.8 Å². The summed E-state index contributed by atoms with van der Waals surface area (Å²) in [7, 11) is 1.48. The Morgan fingerprint density at radius 1 is 1.31 bits per heavy atom. The van der Waals surface area contributed by atoms with Crippen LogP contribution < -0.4 is 10.2 Å². The molecule has 1 fully saturated rings. The number of carboxylic acids is 1. The van der Waals surface area contributed by atoms with Gasteiger partial charge in [-0.05, 0) is 61.7 Å². The summed E-state index contributed by atoms with van der Waals surface area (Å²) in [6.45, 7) is 4.22. The lowest BCUT2D eigenvalue weighted by molar-refractivity contribution is -0.137. The molecular formula is C24H30ClFN2O4. The van der Waals surface area contributed by atoms with Crippen LogP contribution in [0.1, 0.15) is 37.7 Å². The van der Waals surface area contributed by atoms with Crippen LogP contribution in [-0.4, -0.2) is 50.6 Å². The molecule has 32 heavy (non-hydrogen) atoms. The minimum absolute atomic E-state index is 0.112. The summed E-state index contributed by atoms with van der Waals surface area (Å²) in [4.78, 5) is 13.6. The third-order valence-electron chi connectivity index (χ3n) is 5.75. The van der Waals surface area contributed by atoms with Crippen molar-refractivity contribution in [3.63, 3.8) is 0 Å². The first-order valence-corrected chi connectivity index (χ1v) is 11.2. The van der Waals surface area contributed by atoms with E-state index in [2.05, 4.69) is 10.2 Å². The minimum Gasteiger partial charge on any atom is -0.481 e. The molecule has 0 amide bonds. The summed E-state index contributed by atoms with van der Waals surface area (Å²) in [5.41, 5.74) is 2.57. The molecule has 2 aromatic rings. The monoisotopic (exact) mass is 464 g/mol. The topological polar surface area (TPSA) is 71.0 Å². The van der Waals surface area contributed by atoms with Gasteiger partial charge in [-0.1, -0.05) is 11.6 Å². The molecule has 2 aromatic carbocycles. The smallest absolute Gasteiger partial charge is 0.304 e. The second-order valence-electron chi connectivity index (χ2n) is 7.90. The fraction of sp³-hybridized carbons (Fsp3) is 0.458. The Labute approximate surface area is 193 Å². The Balaban J connectivity index is 2.06. The third kappa shape index (κ3) is 6.12. The van der Waals surface area contributed by atoms with Crippen LogP contribution >= 0.6 is 11.6 Å². The molecule has 1 aliphatic heterocycles. The summed E-state index contributed by atoms with van der Waals surface area (Å²) >= 11 is 6.02. The molecule has 0 bridgehead atoms. The van der Waals surface area contributed by atoms with Gasteiger partial charge in [-0.25, -0.2) is 4.39 Å². The van der Waals surface area contributed by atoms with E-state index in [1.54, 1.807) is 18.2 Å². The van der Waals surface area contributed by atoms with E-state index in [0.29, 0.717) is 36.0 Å². The number of methoxy groups -OCH3 is 1. The van der Waals surface area contributed by atoms with Crippen molar-refractivity contribution in [2.45, 2.75) is 38.1 Å². The molecule has 0 aliphatic carbocycles. The lowest BCUT2D eigenvalue weighted by Crippen LogP contribution is -2.39. The molecule has 3 rings (SSSR count). The summed E-state index contributed by atoms with van der Waals surface area (Å²) in [5, 5.41) is 13.3. The number of anilines is 3. The van der Waals surface area contributed by atoms with E-state index in [-0.39, 0.29) is 19.1 Å². The number of rotatable bonds is 10. The van der Waals surface area contributed by atoms with Gasteiger partial charge in [-0.15, -0.1) is 0 Å². The molecule has 1 atom stereocenters. The SMILES string of the molecule is CCN(c1cc(F)c(C(COC)CC(=O)O)cc1Nc1ccc(Cl)cc1)C1CCOCC1. The molecule has 1 saturated heterocycles. The van der Waals surface area contributed by atoms with Crippen LogP contribution in [0.25, 0.3) is 0 Å². The maximum absolute atomic E-state index is 15.4. The van der Waals surface area contributed by atoms with Gasteiger partial charge in [0, 0.05) is 49.5 Å². The van der Waals surface area contributed by atoms with Crippen LogP contribution in [0.3, 0.4) is 0 Å². The lowest BCUT2D eigenvalue weighted by Gasteiger charge is -2.37. The van der Waals surface area contributed by atoms with Gasteiger partial charge in [0.2, 0.25) is 0 Å². The molecule has 8 heteroatoms. The van der Waals surface area contributed by atoms with E-state index in [1.807, 2.05) is 19.1 Å². The number of nitrogens with zero attached hydrogens (tertiary/aromatic N) is 1. The van der Waals surface area contributed by atoms with Gasteiger partial charge in [0.25, 0.3) is 0 Å². The normalized spacial score (nSPS) is 15.4. The van der Waals surface area contributed by atoms with Crippen molar-refractivity contribution in [3.8, 4) is 0 Å². The average Bonchev–Trinajstić information content (AvgIpc) is 2.77. The van der Waals surface area contributed by atoms with Crippen LogP contribution in [0.4, 0.5) is 21.5 Å². The molecule has 0 spiro atoms. The molecule has 6 nitrogen and oxygen atoms in total. The van der Waals surface area contributed by atoms with Crippen LogP contribution in [0.5, 0.6) is 0 Å². The number of aliphatic carboxylic acids is 1. The van der Waals surface area contributed by atoms with Gasteiger partial charge in [-0.3, -0.25) is 4.79 Å². The van der Waals surface area contributed by atoms with Gasteiger partial charge < -0.3 is 24.8 Å². The molecule has 2 N–H and O–H groups in total. The van der Waals surface area contributed by atoms with Gasteiger partial charge in [0.15, 0.2) is 0 Å². The predicted octanol–water partition coefficient (Wildman–Crippen LogP) is 5.43. The van der Waals surface area contributed by atoms with Crippen LogP contribution in [0.2, 0.25) is 5.02 Å². The summed E-state index contributed by atoms with van der Waals surface area (Å²) in [5.74, 6) is -2.04. The molecule has 0 saturated carbocycles. The number of carboxylic acid groups (broad SMARTS) is 1. The predicted molar refractivity (Wildman–Crippen MR) is 125 cm³/mol. The standard InChI is InChI=1S/C24H30ClFN2O4/c1-3-28(19-8-10-32-11-9-19)23-14-21(26)20(16(15-31-2)12-24(29)30)13-22(23)27-18-6-4-17(25)5-7-18/h4-7,13-14,16,19,27H,3,8-12,15H2,1-2H3,(H,29,30). The van der Waals surface area contributed by atoms with Crippen molar-refractivity contribution in [1.29, 1.82) is 0 Å². The van der Waals surface area contributed by atoms with Gasteiger partial charge in [0.1, 0.15) is 5.82 Å².